The molecule has 1 aliphatic heterocycles. The first-order valence-electron chi connectivity index (χ1n) is 5.56. The van der Waals surface area contributed by atoms with Gasteiger partial charge in [0.1, 0.15) is 0 Å². The summed E-state index contributed by atoms with van der Waals surface area (Å²) in [5.41, 5.74) is 3.43. The number of hydrogen-bond acceptors (Lipinski definition) is 3. The maximum atomic E-state index is 11.1. The van der Waals surface area contributed by atoms with Crippen molar-refractivity contribution in [2.75, 3.05) is 6.54 Å². The Kier molecular flexibility index (Phi) is 2.92. The summed E-state index contributed by atoms with van der Waals surface area (Å²) >= 11 is 0. The zero-order valence-electron chi connectivity index (χ0n) is 9.58. The van der Waals surface area contributed by atoms with E-state index in [1.54, 1.807) is 0 Å². The fourth-order valence-electron chi connectivity index (χ4n) is 2.20. The Balaban J connectivity index is 2.59. The monoisotopic (exact) mass is 220 g/mol. The highest BCUT2D eigenvalue weighted by Crippen LogP contribution is 2.25. The molecule has 86 valence electrons. The van der Waals surface area contributed by atoms with E-state index in [-0.39, 0.29) is 0 Å². The zero-order chi connectivity index (χ0) is 11.7. The van der Waals surface area contributed by atoms with E-state index in [1.165, 1.54) is 6.20 Å². The highest BCUT2D eigenvalue weighted by molar-refractivity contribution is 5.89. The second kappa shape index (κ2) is 4.22. The Hall–Kier alpha value is -1.42. The Labute approximate surface area is 94.7 Å². The summed E-state index contributed by atoms with van der Waals surface area (Å²) in [4.78, 5) is 15.4. The molecule has 2 rings (SSSR count). The quantitative estimate of drug-likeness (QED) is 0.793. The second-order valence-electron chi connectivity index (χ2n) is 4.40. The molecule has 0 fully saturated rings. The predicted octanol–water partition coefficient (Wildman–Crippen LogP) is 1.55. The van der Waals surface area contributed by atoms with Crippen molar-refractivity contribution in [2.24, 2.45) is 0 Å². The number of aromatic nitrogens is 1. The summed E-state index contributed by atoms with van der Waals surface area (Å²) in [6, 6.07) is 0. The van der Waals surface area contributed by atoms with E-state index in [9.17, 15) is 4.79 Å². The lowest BCUT2D eigenvalue weighted by molar-refractivity contribution is 0.0695. The van der Waals surface area contributed by atoms with Crippen LogP contribution in [-0.4, -0.2) is 22.6 Å². The molecule has 0 saturated heterocycles. The summed E-state index contributed by atoms with van der Waals surface area (Å²) in [5.74, 6) is -0.544. The van der Waals surface area contributed by atoms with Crippen LogP contribution in [-0.2, 0) is 13.0 Å². The molecular weight excluding hydrogens is 204 g/mol. The van der Waals surface area contributed by atoms with E-state index < -0.39 is 5.97 Å². The number of rotatable bonds is 2. The van der Waals surface area contributed by atoms with Crippen LogP contribution < -0.4 is 5.32 Å². The van der Waals surface area contributed by atoms with E-state index in [1.807, 2.05) is 0 Å². The van der Waals surface area contributed by atoms with E-state index >= 15 is 0 Å². The van der Waals surface area contributed by atoms with Gasteiger partial charge in [-0.15, -0.1) is 0 Å². The Morgan fingerprint density at radius 1 is 1.50 bits per heavy atom. The van der Waals surface area contributed by atoms with Crippen LogP contribution in [0.2, 0.25) is 0 Å². The largest absolute Gasteiger partial charge is 0.478 e. The van der Waals surface area contributed by atoms with Gasteiger partial charge >= 0.3 is 5.97 Å². The normalized spacial score (nSPS) is 14.9. The Morgan fingerprint density at radius 3 is 2.88 bits per heavy atom. The average molecular weight is 220 g/mol. The minimum atomic E-state index is -0.874. The van der Waals surface area contributed by atoms with Gasteiger partial charge in [-0.05, 0) is 30.0 Å². The van der Waals surface area contributed by atoms with Crippen molar-refractivity contribution in [3.05, 3.63) is 28.6 Å². The van der Waals surface area contributed by atoms with Crippen LogP contribution in [0.15, 0.2) is 6.20 Å². The molecule has 2 N–H and O–H groups in total. The summed E-state index contributed by atoms with van der Waals surface area (Å²) in [6.45, 7) is 5.74. The minimum Gasteiger partial charge on any atom is -0.478 e. The van der Waals surface area contributed by atoms with E-state index in [0.29, 0.717) is 11.5 Å². The van der Waals surface area contributed by atoms with Crippen LogP contribution in [0.4, 0.5) is 0 Å². The molecule has 4 nitrogen and oxygen atoms in total. The lowest BCUT2D eigenvalue weighted by Crippen LogP contribution is -2.27. The molecular formula is C12H16N2O2. The SMILES string of the molecule is CC(C)c1ncc(C(=O)O)c2c1CNCC2. The number of nitrogens with zero attached hydrogens (tertiary/aromatic N) is 1. The molecule has 4 heteroatoms. The summed E-state index contributed by atoms with van der Waals surface area (Å²) in [5, 5.41) is 12.4. The fraction of sp³-hybridized carbons (Fsp3) is 0.500. The van der Waals surface area contributed by atoms with Crippen LogP contribution in [0.1, 0.15) is 46.9 Å². The lowest BCUT2D eigenvalue weighted by atomic mass is 9.92. The van der Waals surface area contributed by atoms with Gasteiger partial charge in [-0.1, -0.05) is 13.8 Å². The third kappa shape index (κ3) is 1.80. The molecule has 1 aromatic heterocycles. The van der Waals surface area contributed by atoms with Gasteiger partial charge in [0.05, 0.1) is 5.56 Å². The predicted molar refractivity (Wildman–Crippen MR) is 60.7 cm³/mol. The number of carbonyl (C=O) groups is 1. The highest BCUT2D eigenvalue weighted by Gasteiger charge is 2.21. The van der Waals surface area contributed by atoms with Crippen molar-refractivity contribution in [1.29, 1.82) is 0 Å². The van der Waals surface area contributed by atoms with Gasteiger partial charge in [0.2, 0.25) is 0 Å². The van der Waals surface area contributed by atoms with E-state index in [2.05, 4.69) is 24.1 Å². The van der Waals surface area contributed by atoms with Crippen molar-refractivity contribution in [3.8, 4) is 0 Å². The van der Waals surface area contributed by atoms with Crippen LogP contribution in [0.3, 0.4) is 0 Å². The molecule has 16 heavy (non-hydrogen) atoms. The molecule has 0 amide bonds. The molecule has 0 saturated carbocycles. The molecule has 1 aromatic rings. The fourth-order valence-corrected chi connectivity index (χ4v) is 2.20. The average Bonchev–Trinajstić information content (AvgIpc) is 2.27. The number of fused-ring (bicyclic) bond motifs is 1. The minimum absolute atomic E-state index is 0.330. The maximum Gasteiger partial charge on any atom is 0.337 e. The van der Waals surface area contributed by atoms with Crippen molar-refractivity contribution >= 4 is 5.97 Å². The first-order valence-corrected chi connectivity index (χ1v) is 5.56. The topological polar surface area (TPSA) is 62.2 Å². The van der Waals surface area contributed by atoms with Crippen molar-refractivity contribution in [2.45, 2.75) is 32.7 Å². The number of hydrogen-bond donors (Lipinski definition) is 2. The molecule has 0 aliphatic carbocycles. The number of carboxylic acids is 1. The Bertz CT molecular complexity index is 427. The third-order valence-corrected chi connectivity index (χ3v) is 2.96. The molecule has 1 aliphatic rings. The first kappa shape index (κ1) is 11.1. The lowest BCUT2D eigenvalue weighted by Gasteiger charge is -2.22. The summed E-state index contributed by atoms with van der Waals surface area (Å²) in [6.07, 6.45) is 2.28. The van der Waals surface area contributed by atoms with Gasteiger partial charge < -0.3 is 10.4 Å². The van der Waals surface area contributed by atoms with Gasteiger partial charge in [-0.3, -0.25) is 4.98 Å². The number of carboxylic acid groups (broad SMARTS) is 1. The standard InChI is InChI=1S/C12H16N2O2/c1-7(2)11-9-5-13-4-3-8(9)10(6-14-11)12(15)16/h6-7,13H,3-5H2,1-2H3,(H,15,16). The molecule has 0 unspecified atom stereocenters. The van der Waals surface area contributed by atoms with Gasteiger partial charge in [-0.2, -0.15) is 0 Å². The molecule has 0 radical (unpaired) electrons. The number of aromatic carboxylic acids is 1. The van der Waals surface area contributed by atoms with E-state index in [0.717, 1.165) is 36.3 Å². The molecule has 0 aromatic carbocycles. The summed E-state index contributed by atoms with van der Waals surface area (Å²) in [7, 11) is 0. The zero-order valence-corrected chi connectivity index (χ0v) is 9.58. The second-order valence-corrected chi connectivity index (χ2v) is 4.40. The number of pyridine rings is 1. The van der Waals surface area contributed by atoms with Gasteiger partial charge in [0.25, 0.3) is 0 Å². The third-order valence-electron chi connectivity index (χ3n) is 2.96. The van der Waals surface area contributed by atoms with E-state index in [4.69, 9.17) is 5.11 Å². The Morgan fingerprint density at radius 2 is 2.25 bits per heavy atom. The van der Waals surface area contributed by atoms with Gasteiger partial charge in [0.15, 0.2) is 0 Å². The molecule has 0 atom stereocenters. The van der Waals surface area contributed by atoms with Crippen LogP contribution in [0, 0.1) is 0 Å². The van der Waals surface area contributed by atoms with Crippen molar-refractivity contribution in [3.63, 3.8) is 0 Å². The van der Waals surface area contributed by atoms with Crippen LogP contribution in [0.25, 0.3) is 0 Å². The smallest absolute Gasteiger partial charge is 0.337 e. The van der Waals surface area contributed by atoms with Crippen molar-refractivity contribution < 1.29 is 9.90 Å². The van der Waals surface area contributed by atoms with Gasteiger partial charge in [0, 0.05) is 18.4 Å². The van der Waals surface area contributed by atoms with Crippen LogP contribution >= 0.6 is 0 Å². The first-order chi connectivity index (χ1) is 7.61. The molecule has 0 spiro atoms. The summed E-state index contributed by atoms with van der Waals surface area (Å²) < 4.78 is 0. The van der Waals surface area contributed by atoms with Crippen LogP contribution in [0.5, 0.6) is 0 Å². The molecule has 0 bridgehead atoms. The maximum absolute atomic E-state index is 11.1. The van der Waals surface area contributed by atoms with Gasteiger partial charge in [-0.25, -0.2) is 4.79 Å². The number of nitrogens with one attached hydrogen (secondary N) is 1. The highest BCUT2D eigenvalue weighted by atomic mass is 16.4. The van der Waals surface area contributed by atoms with Crippen molar-refractivity contribution in [1.82, 2.24) is 10.3 Å². The molecule has 2 heterocycles.